The number of carboxylic acids is 1. The topological polar surface area (TPSA) is 75.3 Å². The number of carbonyl (C=O) groups is 1. The van der Waals surface area contributed by atoms with Gasteiger partial charge in [-0.15, -0.1) is 0 Å². The van der Waals surface area contributed by atoms with Crippen molar-refractivity contribution >= 4 is 5.97 Å². The molecule has 0 aliphatic heterocycles. The molecule has 0 fully saturated rings. The summed E-state index contributed by atoms with van der Waals surface area (Å²) in [6, 6.07) is 0. The van der Waals surface area contributed by atoms with Crippen LogP contribution in [0.4, 0.5) is 0 Å². The molecule has 0 amide bonds. The highest BCUT2D eigenvalue weighted by molar-refractivity contribution is 5.84. The van der Waals surface area contributed by atoms with Gasteiger partial charge in [-0.3, -0.25) is 0 Å². The second-order valence-corrected chi connectivity index (χ2v) is 1.44. The van der Waals surface area contributed by atoms with E-state index in [1.165, 1.54) is 0 Å². The zero-order chi connectivity index (χ0) is 6.85. The third kappa shape index (κ3) is 0.987. The van der Waals surface area contributed by atoms with Gasteiger partial charge in [0.1, 0.15) is 6.33 Å². The standard InChI is InChI=1S/C4H4N2O3/c7-4(8)3-1-6(9)2-5-3/h1-2,9H,(H,7,8). The van der Waals surface area contributed by atoms with Gasteiger partial charge in [0, 0.05) is 0 Å². The smallest absolute Gasteiger partial charge is 0.356 e. The maximum absolute atomic E-state index is 10.0. The van der Waals surface area contributed by atoms with E-state index in [0.717, 1.165) is 12.5 Å². The lowest BCUT2D eigenvalue weighted by Gasteiger charge is -1.80. The minimum absolute atomic E-state index is 0.169. The van der Waals surface area contributed by atoms with Gasteiger partial charge in [-0.05, 0) is 0 Å². The van der Waals surface area contributed by atoms with Gasteiger partial charge in [-0.1, -0.05) is 0 Å². The van der Waals surface area contributed by atoms with E-state index in [1.54, 1.807) is 0 Å². The van der Waals surface area contributed by atoms with Crippen LogP contribution in [0.1, 0.15) is 10.5 Å². The number of hydrogen-bond acceptors (Lipinski definition) is 3. The summed E-state index contributed by atoms with van der Waals surface area (Å²) in [7, 11) is 0. The van der Waals surface area contributed by atoms with Crippen LogP contribution < -0.4 is 0 Å². The van der Waals surface area contributed by atoms with Gasteiger partial charge in [-0.2, -0.15) is 4.73 Å². The quantitative estimate of drug-likeness (QED) is 0.514. The average Bonchev–Trinajstić information content (AvgIpc) is 2.14. The Bertz CT molecular complexity index is 229. The van der Waals surface area contributed by atoms with Crippen molar-refractivity contribution in [3.63, 3.8) is 0 Å². The van der Waals surface area contributed by atoms with E-state index < -0.39 is 5.97 Å². The largest absolute Gasteiger partial charge is 0.476 e. The third-order valence-corrected chi connectivity index (χ3v) is 0.789. The molecule has 0 bridgehead atoms. The van der Waals surface area contributed by atoms with Gasteiger partial charge in [0.2, 0.25) is 0 Å². The molecule has 5 nitrogen and oxygen atoms in total. The van der Waals surface area contributed by atoms with Crippen LogP contribution in [-0.2, 0) is 0 Å². The van der Waals surface area contributed by atoms with E-state index in [1.807, 2.05) is 0 Å². The van der Waals surface area contributed by atoms with Crippen LogP contribution in [-0.4, -0.2) is 26.0 Å². The molecule has 5 heteroatoms. The SMILES string of the molecule is O=C(O)c1cn(O)cn1. The summed E-state index contributed by atoms with van der Waals surface area (Å²) in [5, 5.41) is 16.7. The molecule has 0 unspecified atom stereocenters. The molecule has 1 aromatic heterocycles. The molecule has 0 saturated heterocycles. The second-order valence-electron chi connectivity index (χ2n) is 1.44. The molecule has 2 N–H and O–H groups in total. The Morgan fingerprint density at radius 1 is 1.78 bits per heavy atom. The predicted molar refractivity (Wildman–Crippen MR) is 26.4 cm³/mol. The monoisotopic (exact) mass is 128 g/mol. The van der Waals surface area contributed by atoms with Crippen LogP contribution in [0.3, 0.4) is 0 Å². The van der Waals surface area contributed by atoms with Crippen LogP contribution in [0.2, 0.25) is 0 Å². The number of aromatic nitrogens is 2. The molecule has 0 saturated carbocycles. The molecule has 0 aliphatic rings. The van der Waals surface area contributed by atoms with Gasteiger partial charge >= 0.3 is 5.97 Å². The van der Waals surface area contributed by atoms with Gasteiger partial charge < -0.3 is 10.3 Å². The molecule has 0 spiro atoms. The van der Waals surface area contributed by atoms with Crippen molar-refractivity contribution in [1.82, 2.24) is 9.71 Å². The highest BCUT2D eigenvalue weighted by Gasteiger charge is 2.04. The first-order valence-electron chi connectivity index (χ1n) is 2.16. The molecular formula is C4H4N2O3. The Balaban J connectivity index is 2.98. The number of aromatic carboxylic acids is 1. The Kier molecular flexibility index (Phi) is 1.11. The fraction of sp³-hybridized carbons (Fsp3) is 0. The van der Waals surface area contributed by atoms with E-state index in [4.69, 9.17) is 10.3 Å². The highest BCUT2D eigenvalue weighted by atomic mass is 16.5. The maximum atomic E-state index is 10.0. The van der Waals surface area contributed by atoms with E-state index in [0.29, 0.717) is 4.73 Å². The average molecular weight is 128 g/mol. The Labute approximate surface area is 50.1 Å². The number of carboxylic acid groups (broad SMARTS) is 1. The van der Waals surface area contributed by atoms with Crippen LogP contribution in [0.15, 0.2) is 12.5 Å². The number of hydrogen-bond donors (Lipinski definition) is 2. The summed E-state index contributed by atoms with van der Waals surface area (Å²) in [5.74, 6) is -1.15. The van der Waals surface area contributed by atoms with Crippen LogP contribution in [0.5, 0.6) is 0 Å². The Morgan fingerprint density at radius 3 is 2.67 bits per heavy atom. The molecule has 48 valence electrons. The van der Waals surface area contributed by atoms with Gasteiger partial charge in [0.05, 0.1) is 6.20 Å². The number of nitrogens with zero attached hydrogens (tertiary/aromatic N) is 2. The van der Waals surface area contributed by atoms with E-state index in [2.05, 4.69) is 4.98 Å². The minimum Gasteiger partial charge on any atom is -0.476 e. The fourth-order valence-electron chi connectivity index (χ4n) is 0.424. The summed E-state index contributed by atoms with van der Waals surface area (Å²) in [5.41, 5.74) is -0.169. The normalized spacial score (nSPS) is 9.33. The molecule has 9 heavy (non-hydrogen) atoms. The first-order chi connectivity index (χ1) is 4.20. The zero-order valence-corrected chi connectivity index (χ0v) is 4.35. The highest BCUT2D eigenvalue weighted by Crippen LogP contribution is 1.91. The summed E-state index contributed by atoms with van der Waals surface area (Å²) in [6.07, 6.45) is 2.01. The van der Waals surface area contributed by atoms with E-state index in [9.17, 15) is 4.79 Å². The molecule has 0 aromatic carbocycles. The lowest BCUT2D eigenvalue weighted by Crippen LogP contribution is -1.95. The molecule has 0 aliphatic carbocycles. The molecule has 1 aromatic rings. The van der Waals surface area contributed by atoms with Crippen molar-refractivity contribution in [3.05, 3.63) is 18.2 Å². The molecular weight excluding hydrogens is 124 g/mol. The van der Waals surface area contributed by atoms with E-state index in [-0.39, 0.29) is 5.69 Å². The van der Waals surface area contributed by atoms with Crippen molar-refractivity contribution < 1.29 is 15.1 Å². The molecule has 0 radical (unpaired) electrons. The Morgan fingerprint density at radius 2 is 2.44 bits per heavy atom. The number of imidazole rings is 1. The van der Waals surface area contributed by atoms with Crippen LogP contribution >= 0.6 is 0 Å². The number of rotatable bonds is 1. The van der Waals surface area contributed by atoms with Crippen molar-refractivity contribution in [2.45, 2.75) is 0 Å². The van der Waals surface area contributed by atoms with E-state index >= 15 is 0 Å². The lowest BCUT2D eigenvalue weighted by molar-refractivity contribution is 0.0689. The first-order valence-corrected chi connectivity index (χ1v) is 2.16. The summed E-state index contributed by atoms with van der Waals surface area (Å²) in [4.78, 5) is 13.4. The van der Waals surface area contributed by atoms with Crippen LogP contribution in [0.25, 0.3) is 0 Å². The van der Waals surface area contributed by atoms with Crippen LogP contribution in [0, 0.1) is 0 Å². The first kappa shape index (κ1) is 5.61. The summed E-state index contributed by atoms with van der Waals surface area (Å²) >= 11 is 0. The zero-order valence-electron chi connectivity index (χ0n) is 4.35. The second kappa shape index (κ2) is 1.77. The van der Waals surface area contributed by atoms with Gasteiger partial charge in [0.15, 0.2) is 5.69 Å². The molecule has 0 atom stereocenters. The molecule has 1 heterocycles. The minimum atomic E-state index is -1.15. The van der Waals surface area contributed by atoms with Crippen molar-refractivity contribution in [2.75, 3.05) is 0 Å². The maximum Gasteiger partial charge on any atom is 0.356 e. The lowest BCUT2D eigenvalue weighted by atomic mass is 10.5. The predicted octanol–water partition coefficient (Wildman–Crippen LogP) is -0.181. The van der Waals surface area contributed by atoms with Gasteiger partial charge in [0.25, 0.3) is 0 Å². The van der Waals surface area contributed by atoms with Gasteiger partial charge in [-0.25, -0.2) is 9.78 Å². The van der Waals surface area contributed by atoms with Crippen molar-refractivity contribution in [2.24, 2.45) is 0 Å². The Hall–Kier alpha value is -1.52. The summed E-state index contributed by atoms with van der Waals surface area (Å²) in [6.45, 7) is 0. The van der Waals surface area contributed by atoms with Crippen molar-refractivity contribution in [1.29, 1.82) is 0 Å². The third-order valence-electron chi connectivity index (χ3n) is 0.789. The van der Waals surface area contributed by atoms with Crippen molar-refractivity contribution in [3.8, 4) is 0 Å². The molecule has 1 rings (SSSR count). The summed E-state index contributed by atoms with van der Waals surface area (Å²) < 4.78 is 0.587. The fourth-order valence-corrected chi connectivity index (χ4v) is 0.424.